The van der Waals surface area contributed by atoms with Crippen LogP contribution < -0.4 is 21.7 Å². The van der Waals surface area contributed by atoms with Crippen molar-refractivity contribution in [3.05, 3.63) is 28.2 Å². The van der Waals surface area contributed by atoms with Crippen LogP contribution in [-0.4, -0.2) is 13.0 Å². The molecular formula is C9H12BrN3O2. The molecular weight excluding hydrogens is 262 g/mol. The zero-order chi connectivity index (χ0) is 11.4. The van der Waals surface area contributed by atoms with E-state index >= 15 is 0 Å². The molecule has 0 radical (unpaired) electrons. The Morgan fingerprint density at radius 2 is 2.27 bits per heavy atom. The highest BCUT2D eigenvalue weighted by Crippen LogP contribution is 2.27. The monoisotopic (exact) mass is 273 g/mol. The summed E-state index contributed by atoms with van der Waals surface area (Å²) in [6, 6.07) is 4.38. The fraction of sp³-hybridized carbons (Fsp3) is 0.222. The Hall–Kier alpha value is -1.11. The van der Waals surface area contributed by atoms with Crippen LogP contribution in [0.1, 0.15) is 11.6 Å². The van der Waals surface area contributed by atoms with Crippen LogP contribution in [0, 0.1) is 0 Å². The molecule has 82 valence electrons. The van der Waals surface area contributed by atoms with Crippen LogP contribution in [0.4, 0.5) is 0 Å². The van der Waals surface area contributed by atoms with Crippen molar-refractivity contribution in [2.24, 2.45) is 11.6 Å². The van der Waals surface area contributed by atoms with E-state index in [0.717, 1.165) is 4.47 Å². The second kappa shape index (κ2) is 5.11. The lowest BCUT2D eigenvalue weighted by atomic mass is 10.1. The molecule has 0 bridgehead atoms. The highest BCUT2D eigenvalue weighted by atomic mass is 79.9. The summed E-state index contributed by atoms with van der Waals surface area (Å²) in [5, 5.41) is 0. The number of ether oxygens (including phenoxy) is 1. The second-order valence-corrected chi connectivity index (χ2v) is 3.73. The van der Waals surface area contributed by atoms with E-state index in [2.05, 4.69) is 15.9 Å². The lowest BCUT2D eigenvalue weighted by molar-refractivity contribution is -0.122. The largest absolute Gasteiger partial charge is 0.496 e. The number of rotatable bonds is 3. The molecule has 1 rings (SSSR count). The zero-order valence-electron chi connectivity index (χ0n) is 8.16. The van der Waals surface area contributed by atoms with Gasteiger partial charge in [0.25, 0.3) is 5.91 Å². The molecule has 6 heteroatoms. The van der Waals surface area contributed by atoms with E-state index in [1.807, 2.05) is 5.43 Å². The maximum atomic E-state index is 11.2. The van der Waals surface area contributed by atoms with Gasteiger partial charge in [0.2, 0.25) is 0 Å². The first-order valence-electron chi connectivity index (χ1n) is 4.19. The lowest BCUT2D eigenvalue weighted by Crippen LogP contribution is -2.38. The van der Waals surface area contributed by atoms with E-state index in [-0.39, 0.29) is 0 Å². The normalized spacial score (nSPS) is 12.0. The van der Waals surface area contributed by atoms with Crippen molar-refractivity contribution in [3.8, 4) is 5.75 Å². The number of hydrogen-bond acceptors (Lipinski definition) is 4. The summed E-state index contributed by atoms with van der Waals surface area (Å²) in [6.45, 7) is 0. The summed E-state index contributed by atoms with van der Waals surface area (Å²) < 4.78 is 5.79. The van der Waals surface area contributed by atoms with Crippen LogP contribution in [0.5, 0.6) is 5.75 Å². The van der Waals surface area contributed by atoms with Crippen LogP contribution in [0.2, 0.25) is 0 Å². The minimum absolute atomic E-state index is 0.438. The highest BCUT2D eigenvalue weighted by Gasteiger charge is 2.15. The van der Waals surface area contributed by atoms with Gasteiger partial charge in [0.05, 0.1) is 11.6 Å². The van der Waals surface area contributed by atoms with Gasteiger partial charge >= 0.3 is 0 Å². The summed E-state index contributed by atoms with van der Waals surface area (Å²) >= 11 is 3.30. The van der Waals surface area contributed by atoms with Crippen LogP contribution in [0.3, 0.4) is 0 Å². The van der Waals surface area contributed by atoms with E-state index in [9.17, 15) is 4.79 Å². The molecule has 1 unspecified atom stereocenters. The quantitative estimate of drug-likeness (QED) is 0.424. The number of carbonyl (C=O) groups is 1. The SMILES string of the molecule is COc1ccc(C(N)C(=O)NN)cc1Br. The Morgan fingerprint density at radius 3 is 2.73 bits per heavy atom. The zero-order valence-corrected chi connectivity index (χ0v) is 9.74. The van der Waals surface area contributed by atoms with E-state index in [1.165, 1.54) is 0 Å². The summed E-state index contributed by atoms with van der Waals surface area (Å²) in [7, 11) is 1.56. The van der Waals surface area contributed by atoms with Gasteiger partial charge in [-0.25, -0.2) is 5.84 Å². The molecule has 0 aliphatic carbocycles. The number of hydrazine groups is 1. The number of hydrogen-bond donors (Lipinski definition) is 3. The summed E-state index contributed by atoms with van der Waals surface area (Å²) in [5.41, 5.74) is 8.31. The maximum Gasteiger partial charge on any atom is 0.255 e. The van der Waals surface area contributed by atoms with Gasteiger partial charge in [-0.05, 0) is 33.6 Å². The van der Waals surface area contributed by atoms with Crippen molar-refractivity contribution in [3.63, 3.8) is 0 Å². The van der Waals surface area contributed by atoms with E-state index in [1.54, 1.807) is 25.3 Å². The van der Waals surface area contributed by atoms with Crippen LogP contribution >= 0.6 is 15.9 Å². The van der Waals surface area contributed by atoms with Crippen molar-refractivity contribution in [1.29, 1.82) is 0 Å². The molecule has 0 aliphatic rings. The first-order chi connectivity index (χ1) is 7.10. The first kappa shape index (κ1) is 12.0. The van der Waals surface area contributed by atoms with Gasteiger partial charge in [0.15, 0.2) is 0 Å². The summed E-state index contributed by atoms with van der Waals surface area (Å²) in [5.74, 6) is 5.23. The number of nitrogens with one attached hydrogen (secondary N) is 1. The molecule has 5 N–H and O–H groups in total. The Labute approximate surface area is 95.9 Å². The predicted molar refractivity (Wildman–Crippen MR) is 60.0 cm³/mol. The number of nitrogens with two attached hydrogens (primary N) is 2. The van der Waals surface area contributed by atoms with Gasteiger partial charge in [-0.1, -0.05) is 6.07 Å². The third-order valence-electron chi connectivity index (χ3n) is 1.96. The molecule has 1 aromatic rings. The van der Waals surface area contributed by atoms with E-state index < -0.39 is 11.9 Å². The molecule has 0 saturated heterocycles. The molecule has 15 heavy (non-hydrogen) atoms. The Balaban J connectivity index is 2.97. The van der Waals surface area contributed by atoms with E-state index in [4.69, 9.17) is 16.3 Å². The van der Waals surface area contributed by atoms with Gasteiger partial charge in [-0.3, -0.25) is 10.2 Å². The van der Waals surface area contributed by atoms with Crippen LogP contribution in [0.15, 0.2) is 22.7 Å². The van der Waals surface area contributed by atoms with Crippen LogP contribution in [0.25, 0.3) is 0 Å². The first-order valence-corrected chi connectivity index (χ1v) is 4.99. The fourth-order valence-corrected chi connectivity index (χ4v) is 1.68. The molecule has 1 amide bonds. The predicted octanol–water partition coefficient (Wildman–Crippen LogP) is 0.447. The average molecular weight is 274 g/mol. The fourth-order valence-electron chi connectivity index (χ4n) is 1.12. The molecule has 1 atom stereocenters. The molecule has 0 fully saturated rings. The summed E-state index contributed by atoms with van der Waals surface area (Å²) in [6.07, 6.45) is 0. The molecule has 0 aromatic heterocycles. The standard InChI is InChI=1S/C9H12BrN3O2/c1-15-7-3-2-5(4-6(7)10)8(11)9(14)13-12/h2-4,8H,11-12H2,1H3,(H,13,14). The minimum Gasteiger partial charge on any atom is -0.496 e. The van der Waals surface area contributed by atoms with Gasteiger partial charge in [0, 0.05) is 0 Å². The average Bonchev–Trinajstić information content (AvgIpc) is 2.26. The van der Waals surface area contributed by atoms with Gasteiger partial charge in [-0.15, -0.1) is 0 Å². The number of benzene rings is 1. The topological polar surface area (TPSA) is 90.4 Å². The molecule has 0 spiro atoms. The number of carbonyl (C=O) groups excluding carboxylic acids is 1. The number of halogens is 1. The van der Waals surface area contributed by atoms with Crippen molar-refractivity contribution < 1.29 is 9.53 Å². The maximum absolute atomic E-state index is 11.2. The molecule has 1 aromatic carbocycles. The number of methoxy groups -OCH3 is 1. The van der Waals surface area contributed by atoms with E-state index in [0.29, 0.717) is 11.3 Å². The van der Waals surface area contributed by atoms with Gasteiger partial charge in [-0.2, -0.15) is 0 Å². The van der Waals surface area contributed by atoms with Crippen molar-refractivity contribution in [1.82, 2.24) is 5.43 Å². The highest BCUT2D eigenvalue weighted by molar-refractivity contribution is 9.10. The molecule has 0 aliphatic heterocycles. The van der Waals surface area contributed by atoms with Gasteiger partial charge < -0.3 is 10.5 Å². The van der Waals surface area contributed by atoms with Crippen molar-refractivity contribution in [2.75, 3.05) is 7.11 Å². The van der Waals surface area contributed by atoms with Crippen LogP contribution in [-0.2, 0) is 4.79 Å². The van der Waals surface area contributed by atoms with Crippen molar-refractivity contribution in [2.45, 2.75) is 6.04 Å². The lowest BCUT2D eigenvalue weighted by Gasteiger charge is -2.11. The third kappa shape index (κ3) is 2.68. The van der Waals surface area contributed by atoms with Crippen molar-refractivity contribution >= 4 is 21.8 Å². The Kier molecular flexibility index (Phi) is 4.07. The molecule has 0 heterocycles. The number of amides is 1. The minimum atomic E-state index is -0.780. The third-order valence-corrected chi connectivity index (χ3v) is 2.58. The Bertz CT molecular complexity index is 370. The molecule has 5 nitrogen and oxygen atoms in total. The summed E-state index contributed by atoms with van der Waals surface area (Å²) in [4.78, 5) is 11.2. The molecule has 0 saturated carbocycles. The Morgan fingerprint density at radius 1 is 1.60 bits per heavy atom. The smallest absolute Gasteiger partial charge is 0.255 e. The second-order valence-electron chi connectivity index (χ2n) is 2.88. The van der Waals surface area contributed by atoms with Gasteiger partial charge in [0.1, 0.15) is 11.8 Å².